The smallest absolute Gasteiger partial charge is 0.231 e. The van der Waals surface area contributed by atoms with Crippen LogP contribution in [0.5, 0.6) is 17.2 Å². The highest BCUT2D eigenvalue weighted by Gasteiger charge is 2.15. The zero-order valence-electron chi connectivity index (χ0n) is 12.4. The molecular weight excluding hydrogens is 322 g/mol. The van der Waals surface area contributed by atoms with Crippen molar-refractivity contribution in [3.8, 4) is 17.2 Å². The zero-order chi connectivity index (χ0) is 16.2. The largest absolute Gasteiger partial charge is 0.549 e. The first kappa shape index (κ1) is 15.5. The fourth-order valence-electron chi connectivity index (χ4n) is 2.09. The molecule has 0 bridgehead atoms. The maximum atomic E-state index is 10.5. The zero-order valence-corrected chi connectivity index (χ0v) is 13.2. The Labute approximate surface area is 136 Å². The van der Waals surface area contributed by atoms with E-state index in [4.69, 9.17) is 14.2 Å². The second-order valence-corrected chi connectivity index (χ2v) is 5.55. The van der Waals surface area contributed by atoms with Gasteiger partial charge in [-0.25, -0.2) is 0 Å². The number of aromatic nitrogens is 3. The Morgan fingerprint density at radius 2 is 2.22 bits per heavy atom. The number of rotatable bonds is 7. The van der Waals surface area contributed by atoms with Crippen molar-refractivity contribution in [2.75, 3.05) is 12.5 Å². The summed E-state index contributed by atoms with van der Waals surface area (Å²) in [6.07, 6.45) is 0. The molecule has 9 heteroatoms. The Balaban J connectivity index is 1.67. The van der Waals surface area contributed by atoms with Gasteiger partial charge in [-0.2, -0.15) is 0 Å². The number of nitrogens with zero attached hydrogens (tertiary/aromatic N) is 3. The number of fused-ring (bicyclic) bond motifs is 1. The SMILES string of the molecule is CCn1c(COc2ccc3c(c2)OCO3)nnc1SCC(=O)[O-]. The number of hydrogen-bond donors (Lipinski definition) is 0. The molecule has 0 amide bonds. The lowest BCUT2D eigenvalue weighted by atomic mass is 10.3. The second-order valence-electron chi connectivity index (χ2n) is 4.61. The maximum Gasteiger partial charge on any atom is 0.231 e. The van der Waals surface area contributed by atoms with Crippen LogP contribution in [0, 0.1) is 0 Å². The number of thioether (sulfide) groups is 1. The molecule has 1 aliphatic rings. The molecule has 0 fully saturated rings. The minimum Gasteiger partial charge on any atom is -0.549 e. The number of carbonyl (C=O) groups excluding carboxylic acids is 1. The number of benzene rings is 1. The van der Waals surface area contributed by atoms with Gasteiger partial charge in [-0.1, -0.05) is 11.8 Å². The normalized spacial score (nSPS) is 12.4. The number of carboxylic acids is 1. The van der Waals surface area contributed by atoms with E-state index in [1.807, 2.05) is 6.92 Å². The minimum atomic E-state index is -1.14. The monoisotopic (exact) mass is 336 g/mol. The van der Waals surface area contributed by atoms with Crippen molar-refractivity contribution in [2.24, 2.45) is 0 Å². The topological polar surface area (TPSA) is 98.5 Å². The van der Waals surface area contributed by atoms with Crippen LogP contribution in [0.15, 0.2) is 23.4 Å². The van der Waals surface area contributed by atoms with Gasteiger partial charge in [-0.3, -0.25) is 0 Å². The predicted molar refractivity (Wildman–Crippen MR) is 78.3 cm³/mol. The first-order valence-corrected chi connectivity index (χ1v) is 7.93. The standard InChI is InChI=1S/C14H15N3O5S/c1-2-17-12(15-16-14(17)23-7-13(18)19)6-20-9-3-4-10-11(5-9)22-8-21-10/h3-5H,2,6-8H2,1H3,(H,18,19)/p-1. The predicted octanol–water partition coefficient (Wildman–Crippen LogP) is 0.448. The molecule has 0 spiro atoms. The molecule has 2 aromatic rings. The van der Waals surface area contributed by atoms with Crippen LogP contribution in [0.3, 0.4) is 0 Å². The lowest BCUT2D eigenvalue weighted by molar-refractivity contribution is -0.301. The Bertz CT molecular complexity index is 718. The first-order chi connectivity index (χ1) is 11.2. The molecular formula is C14H14N3O5S-. The summed E-state index contributed by atoms with van der Waals surface area (Å²) in [5.41, 5.74) is 0. The Morgan fingerprint density at radius 1 is 1.39 bits per heavy atom. The van der Waals surface area contributed by atoms with E-state index < -0.39 is 5.97 Å². The molecule has 2 heterocycles. The fraction of sp³-hybridized carbons (Fsp3) is 0.357. The summed E-state index contributed by atoms with van der Waals surface area (Å²) in [5.74, 6) is 1.27. The van der Waals surface area contributed by atoms with Gasteiger partial charge in [0, 0.05) is 18.4 Å². The fourth-order valence-corrected chi connectivity index (χ4v) is 2.82. The Hall–Kier alpha value is -2.42. The van der Waals surface area contributed by atoms with Crippen LogP contribution in [0.2, 0.25) is 0 Å². The van der Waals surface area contributed by atoms with Gasteiger partial charge >= 0.3 is 0 Å². The van der Waals surface area contributed by atoms with Crippen molar-refractivity contribution >= 4 is 17.7 Å². The summed E-state index contributed by atoms with van der Waals surface area (Å²) in [4.78, 5) is 10.5. The molecule has 1 aromatic heterocycles. The van der Waals surface area contributed by atoms with Crippen molar-refractivity contribution in [1.82, 2.24) is 14.8 Å². The van der Waals surface area contributed by atoms with Crippen LogP contribution in [-0.4, -0.2) is 33.3 Å². The number of ether oxygens (including phenoxy) is 3. The van der Waals surface area contributed by atoms with Gasteiger partial charge in [0.15, 0.2) is 22.5 Å². The van der Waals surface area contributed by atoms with E-state index in [-0.39, 0.29) is 19.2 Å². The summed E-state index contributed by atoms with van der Waals surface area (Å²) in [6, 6.07) is 5.32. The molecule has 0 aliphatic carbocycles. The van der Waals surface area contributed by atoms with Gasteiger partial charge in [0.1, 0.15) is 12.4 Å². The number of hydrogen-bond acceptors (Lipinski definition) is 8. The van der Waals surface area contributed by atoms with Crippen LogP contribution >= 0.6 is 11.8 Å². The van der Waals surface area contributed by atoms with Crippen LogP contribution in [0.1, 0.15) is 12.7 Å². The lowest BCUT2D eigenvalue weighted by Gasteiger charge is -2.09. The van der Waals surface area contributed by atoms with E-state index in [9.17, 15) is 9.90 Å². The molecule has 0 unspecified atom stereocenters. The van der Waals surface area contributed by atoms with E-state index in [0.29, 0.717) is 34.8 Å². The molecule has 0 atom stereocenters. The van der Waals surface area contributed by atoms with E-state index >= 15 is 0 Å². The van der Waals surface area contributed by atoms with Crippen LogP contribution in [0.4, 0.5) is 0 Å². The highest BCUT2D eigenvalue weighted by molar-refractivity contribution is 7.99. The van der Waals surface area contributed by atoms with Crippen molar-refractivity contribution in [3.05, 3.63) is 24.0 Å². The van der Waals surface area contributed by atoms with Gasteiger partial charge in [-0.05, 0) is 19.1 Å². The molecule has 3 rings (SSSR count). The molecule has 0 N–H and O–H groups in total. The van der Waals surface area contributed by atoms with E-state index in [1.54, 1.807) is 22.8 Å². The minimum absolute atomic E-state index is 0.166. The van der Waals surface area contributed by atoms with Crippen molar-refractivity contribution in [3.63, 3.8) is 0 Å². The molecule has 0 saturated carbocycles. The van der Waals surface area contributed by atoms with E-state index in [1.165, 1.54) is 0 Å². The van der Waals surface area contributed by atoms with Gasteiger partial charge in [0.25, 0.3) is 0 Å². The maximum absolute atomic E-state index is 10.5. The van der Waals surface area contributed by atoms with Gasteiger partial charge < -0.3 is 28.7 Å². The van der Waals surface area contributed by atoms with E-state index in [0.717, 1.165) is 11.8 Å². The summed E-state index contributed by atoms with van der Waals surface area (Å²) in [7, 11) is 0. The Kier molecular flexibility index (Phi) is 4.56. The second kappa shape index (κ2) is 6.78. The highest BCUT2D eigenvalue weighted by Crippen LogP contribution is 2.35. The van der Waals surface area contributed by atoms with Crippen LogP contribution < -0.4 is 19.3 Å². The summed E-state index contributed by atoms with van der Waals surface area (Å²) >= 11 is 1.07. The van der Waals surface area contributed by atoms with Crippen LogP contribution in [-0.2, 0) is 17.9 Å². The molecule has 1 aliphatic heterocycles. The molecule has 122 valence electrons. The van der Waals surface area contributed by atoms with Crippen LogP contribution in [0.25, 0.3) is 0 Å². The van der Waals surface area contributed by atoms with E-state index in [2.05, 4.69) is 10.2 Å². The van der Waals surface area contributed by atoms with Crippen molar-refractivity contribution in [2.45, 2.75) is 25.2 Å². The summed E-state index contributed by atoms with van der Waals surface area (Å²) in [5, 5.41) is 19.1. The number of aliphatic carboxylic acids is 1. The first-order valence-electron chi connectivity index (χ1n) is 6.94. The highest BCUT2D eigenvalue weighted by atomic mass is 32.2. The number of carbonyl (C=O) groups is 1. The average molecular weight is 336 g/mol. The summed E-state index contributed by atoms with van der Waals surface area (Å²) in [6.45, 7) is 2.97. The molecule has 8 nitrogen and oxygen atoms in total. The molecule has 1 aromatic carbocycles. The van der Waals surface area contributed by atoms with Gasteiger partial charge in [-0.15, -0.1) is 10.2 Å². The molecule has 0 saturated heterocycles. The number of carboxylic acid groups (broad SMARTS) is 1. The van der Waals surface area contributed by atoms with Gasteiger partial charge in [0.05, 0.1) is 5.97 Å². The quantitative estimate of drug-likeness (QED) is 0.672. The molecule has 23 heavy (non-hydrogen) atoms. The van der Waals surface area contributed by atoms with Gasteiger partial charge in [0.2, 0.25) is 6.79 Å². The third-order valence-corrected chi connectivity index (χ3v) is 4.08. The van der Waals surface area contributed by atoms with Crippen molar-refractivity contribution < 1.29 is 24.1 Å². The third-order valence-electron chi connectivity index (χ3n) is 3.14. The van der Waals surface area contributed by atoms with Crippen molar-refractivity contribution in [1.29, 1.82) is 0 Å². The Morgan fingerprint density at radius 3 is 3.00 bits per heavy atom. The average Bonchev–Trinajstić information content (AvgIpc) is 3.16. The molecule has 0 radical (unpaired) electrons. The third kappa shape index (κ3) is 3.50. The lowest BCUT2D eigenvalue weighted by Crippen LogP contribution is -2.24. The summed E-state index contributed by atoms with van der Waals surface area (Å²) < 4.78 is 18.0.